The molecule has 1 aliphatic rings. The lowest BCUT2D eigenvalue weighted by atomic mass is 10.1. The summed E-state index contributed by atoms with van der Waals surface area (Å²) in [5.41, 5.74) is 0.799. The van der Waals surface area contributed by atoms with Gasteiger partial charge in [-0.15, -0.1) is 0 Å². The SMILES string of the molecule is CC(NC(=O)CN1c2cccc3cccc(c23)S1(=O)=O)c1cc(F)c(Cl)cc1Cl. The van der Waals surface area contributed by atoms with Crippen molar-refractivity contribution in [3.05, 3.63) is 70.0 Å². The highest BCUT2D eigenvalue weighted by molar-refractivity contribution is 7.93. The van der Waals surface area contributed by atoms with E-state index in [1.165, 1.54) is 12.1 Å². The number of nitrogens with zero attached hydrogens (tertiary/aromatic N) is 1. The molecule has 1 atom stereocenters. The van der Waals surface area contributed by atoms with Crippen LogP contribution in [0.1, 0.15) is 18.5 Å². The number of carbonyl (C=O) groups is 1. The van der Waals surface area contributed by atoms with E-state index in [2.05, 4.69) is 5.32 Å². The highest BCUT2D eigenvalue weighted by atomic mass is 35.5. The van der Waals surface area contributed by atoms with Crippen molar-refractivity contribution < 1.29 is 17.6 Å². The molecule has 0 fully saturated rings. The summed E-state index contributed by atoms with van der Waals surface area (Å²) in [7, 11) is -3.85. The molecule has 1 unspecified atom stereocenters. The van der Waals surface area contributed by atoms with Gasteiger partial charge in [0.25, 0.3) is 10.0 Å². The summed E-state index contributed by atoms with van der Waals surface area (Å²) >= 11 is 11.8. The summed E-state index contributed by atoms with van der Waals surface area (Å²) in [5, 5.41) is 4.13. The number of anilines is 1. The molecule has 0 saturated carbocycles. The Labute approximate surface area is 177 Å². The smallest absolute Gasteiger partial charge is 0.265 e. The maximum absolute atomic E-state index is 13.8. The summed E-state index contributed by atoms with van der Waals surface area (Å²) in [4.78, 5) is 12.8. The van der Waals surface area contributed by atoms with E-state index in [1.54, 1.807) is 25.1 Å². The van der Waals surface area contributed by atoms with Gasteiger partial charge >= 0.3 is 0 Å². The zero-order valence-electron chi connectivity index (χ0n) is 15.1. The predicted molar refractivity (Wildman–Crippen MR) is 111 cm³/mol. The molecule has 1 amide bonds. The number of amides is 1. The van der Waals surface area contributed by atoms with Gasteiger partial charge in [0.05, 0.1) is 21.6 Å². The molecule has 9 heteroatoms. The number of nitrogens with one attached hydrogen (secondary N) is 1. The quantitative estimate of drug-likeness (QED) is 0.584. The van der Waals surface area contributed by atoms with Gasteiger partial charge in [-0.3, -0.25) is 9.10 Å². The van der Waals surface area contributed by atoms with Crippen LogP contribution >= 0.6 is 23.2 Å². The normalized spacial score (nSPS) is 15.5. The largest absolute Gasteiger partial charge is 0.348 e. The third-order valence-corrected chi connectivity index (χ3v) is 7.27. The maximum Gasteiger partial charge on any atom is 0.265 e. The van der Waals surface area contributed by atoms with E-state index in [9.17, 15) is 17.6 Å². The lowest BCUT2D eigenvalue weighted by Gasteiger charge is -2.21. The Morgan fingerprint density at radius 1 is 1.14 bits per heavy atom. The molecule has 0 aromatic heterocycles. The fourth-order valence-electron chi connectivity index (χ4n) is 3.49. The molecule has 4 rings (SSSR count). The van der Waals surface area contributed by atoms with Gasteiger partial charge in [0.2, 0.25) is 5.91 Å². The van der Waals surface area contributed by atoms with E-state index in [-0.39, 0.29) is 14.9 Å². The monoisotopic (exact) mass is 452 g/mol. The third kappa shape index (κ3) is 3.33. The maximum atomic E-state index is 13.8. The first-order valence-electron chi connectivity index (χ1n) is 8.68. The molecule has 0 radical (unpaired) electrons. The first-order valence-corrected chi connectivity index (χ1v) is 10.9. The lowest BCUT2D eigenvalue weighted by Crippen LogP contribution is -2.39. The summed E-state index contributed by atoms with van der Waals surface area (Å²) < 4.78 is 40.8. The number of carbonyl (C=O) groups excluding carboxylic acids is 1. The average Bonchev–Trinajstić information content (AvgIpc) is 2.88. The number of halogens is 3. The highest BCUT2D eigenvalue weighted by Crippen LogP contribution is 2.41. The second-order valence-electron chi connectivity index (χ2n) is 6.72. The van der Waals surface area contributed by atoms with Crippen LogP contribution in [0.4, 0.5) is 10.1 Å². The van der Waals surface area contributed by atoms with Crippen molar-refractivity contribution in [1.29, 1.82) is 0 Å². The molecule has 5 nitrogen and oxygen atoms in total. The van der Waals surface area contributed by atoms with Crippen molar-refractivity contribution in [2.45, 2.75) is 17.9 Å². The second kappa shape index (κ2) is 7.16. The van der Waals surface area contributed by atoms with Crippen molar-refractivity contribution in [2.75, 3.05) is 10.8 Å². The van der Waals surface area contributed by atoms with E-state index in [0.29, 0.717) is 16.6 Å². The van der Waals surface area contributed by atoms with Gasteiger partial charge in [-0.25, -0.2) is 12.8 Å². The molecule has 0 aliphatic carbocycles. The van der Waals surface area contributed by atoms with Crippen LogP contribution in [-0.4, -0.2) is 20.9 Å². The Morgan fingerprint density at radius 2 is 1.83 bits per heavy atom. The van der Waals surface area contributed by atoms with Crippen LogP contribution < -0.4 is 9.62 Å². The van der Waals surface area contributed by atoms with Crippen molar-refractivity contribution in [1.82, 2.24) is 5.32 Å². The lowest BCUT2D eigenvalue weighted by molar-refractivity contribution is -0.120. The predicted octanol–water partition coefficient (Wildman–Crippen LogP) is 4.67. The van der Waals surface area contributed by atoms with Crippen molar-refractivity contribution in [3.8, 4) is 0 Å². The van der Waals surface area contributed by atoms with Gasteiger partial charge in [-0.2, -0.15) is 0 Å². The summed E-state index contributed by atoms with van der Waals surface area (Å²) in [6.45, 7) is 1.22. The standard InChI is InChI=1S/C20H15Cl2FN2O3S/c1-11(13-8-16(23)15(22)9-14(13)21)24-19(26)10-25-17-6-2-4-12-5-3-7-18(20(12)17)29(25,27)28/h2-9,11H,10H2,1H3,(H,24,26). The van der Waals surface area contributed by atoms with Crippen LogP contribution in [0.15, 0.2) is 53.4 Å². The molecule has 3 aromatic rings. The Balaban J connectivity index is 1.60. The fourth-order valence-corrected chi connectivity index (χ4v) is 5.71. The van der Waals surface area contributed by atoms with E-state index in [4.69, 9.17) is 23.2 Å². The Bertz CT molecular complexity index is 1260. The highest BCUT2D eigenvalue weighted by Gasteiger charge is 2.36. The number of sulfonamides is 1. The van der Waals surface area contributed by atoms with Gasteiger partial charge in [-0.05, 0) is 42.1 Å². The van der Waals surface area contributed by atoms with Gasteiger partial charge in [-0.1, -0.05) is 47.5 Å². The van der Waals surface area contributed by atoms with Crippen LogP contribution in [0.5, 0.6) is 0 Å². The molecule has 1 N–H and O–H groups in total. The first-order chi connectivity index (χ1) is 13.7. The fraction of sp³-hybridized carbons (Fsp3) is 0.150. The molecule has 0 spiro atoms. The molecule has 0 saturated heterocycles. The molecule has 0 bridgehead atoms. The van der Waals surface area contributed by atoms with Gasteiger partial charge in [0.15, 0.2) is 0 Å². The molecule has 3 aromatic carbocycles. The molecule has 1 aliphatic heterocycles. The van der Waals surface area contributed by atoms with Crippen molar-refractivity contribution in [2.24, 2.45) is 0 Å². The van der Waals surface area contributed by atoms with Gasteiger partial charge in [0.1, 0.15) is 12.4 Å². The zero-order valence-corrected chi connectivity index (χ0v) is 17.4. The minimum atomic E-state index is -3.85. The minimum absolute atomic E-state index is 0.119. The van der Waals surface area contributed by atoms with E-state index >= 15 is 0 Å². The summed E-state index contributed by atoms with van der Waals surface area (Å²) in [6.07, 6.45) is 0. The molecule has 1 heterocycles. The average molecular weight is 453 g/mol. The van der Waals surface area contributed by atoms with Crippen LogP contribution in [0.3, 0.4) is 0 Å². The van der Waals surface area contributed by atoms with Gasteiger partial charge < -0.3 is 5.32 Å². The van der Waals surface area contributed by atoms with E-state index in [1.807, 2.05) is 12.1 Å². The van der Waals surface area contributed by atoms with Crippen LogP contribution in [-0.2, 0) is 14.8 Å². The summed E-state index contributed by atoms with van der Waals surface area (Å²) in [6, 6.07) is 12.0. The van der Waals surface area contributed by atoms with Crippen LogP contribution in [0.2, 0.25) is 10.0 Å². The number of benzene rings is 3. The van der Waals surface area contributed by atoms with Crippen LogP contribution in [0, 0.1) is 5.82 Å². The molecule has 29 heavy (non-hydrogen) atoms. The van der Waals surface area contributed by atoms with E-state index in [0.717, 1.165) is 15.8 Å². The number of hydrogen-bond acceptors (Lipinski definition) is 3. The van der Waals surface area contributed by atoms with Crippen LogP contribution in [0.25, 0.3) is 10.8 Å². The van der Waals surface area contributed by atoms with Crippen molar-refractivity contribution in [3.63, 3.8) is 0 Å². The second-order valence-corrected chi connectivity index (χ2v) is 9.37. The van der Waals surface area contributed by atoms with Crippen molar-refractivity contribution >= 4 is 55.6 Å². The Morgan fingerprint density at radius 3 is 2.55 bits per heavy atom. The molecular formula is C20H15Cl2FN2O3S. The minimum Gasteiger partial charge on any atom is -0.348 e. The zero-order chi connectivity index (χ0) is 20.9. The summed E-state index contributed by atoms with van der Waals surface area (Å²) in [5.74, 6) is -1.20. The Hall–Kier alpha value is -2.35. The first kappa shape index (κ1) is 19.9. The topological polar surface area (TPSA) is 66.5 Å². The number of rotatable bonds is 4. The molecular weight excluding hydrogens is 438 g/mol. The molecule has 150 valence electrons. The number of hydrogen-bond donors (Lipinski definition) is 1. The van der Waals surface area contributed by atoms with Gasteiger partial charge in [0, 0.05) is 10.4 Å². The Kier molecular flexibility index (Phi) is 4.93. The van der Waals surface area contributed by atoms with E-state index < -0.39 is 34.3 Å². The third-order valence-electron chi connectivity index (χ3n) is 4.85.